The molecule has 0 saturated carbocycles. The van der Waals surface area contributed by atoms with Gasteiger partial charge in [0.1, 0.15) is 8.80 Å². The molecule has 87 valence electrons. The summed E-state index contributed by atoms with van der Waals surface area (Å²) < 4.78 is 5.34. The van der Waals surface area contributed by atoms with Crippen molar-refractivity contribution in [3.05, 3.63) is 36.4 Å². The lowest BCUT2D eigenvalue weighted by Crippen LogP contribution is -2.45. The Bertz CT molecular complexity index is 338. The van der Waals surface area contributed by atoms with Gasteiger partial charge in [0.2, 0.25) is 0 Å². The second-order valence-electron chi connectivity index (χ2n) is 4.07. The van der Waals surface area contributed by atoms with Gasteiger partial charge in [-0.25, -0.2) is 0 Å². The molecule has 0 bridgehead atoms. The summed E-state index contributed by atoms with van der Waals surface area (Å²) >= 11 is 0. The quantitative estimate of drug-likeness (QED) is 0.688. The number of nitrogens with zero attached hydrogens (tertiary/aromatic N) is 1. The Balaban J connectivity index is 2.94. The molecule has 0 aliphatic heterocycles. The topological polar surface area (TPSA) is 12.5 Å². The molecule has 1 aromatic rings. The number of rotatable bonds is 6. The summed E-state index contributed by atoms with van der Waals surface area (Å²) in [5.41, 5.74) is 1.25. The van der Waals surface area contributed by atoms with Crippen molar-refractivity contribution in [1.29, 1.82) is 0 Å². The number of ether oxygens (including phenoxy) is 1. The van der Waals surface area contributed by atoms with Crippen LogP contribution in [-0.2, 0) is 4.74 Å². The molecule has 0 aliphatic carbocycles. The Morgan fingerprint density at radius 1 is 1.38 bits per heavy atom. The van der Waals surface area contributed by atoms with E-state index in [1.165, 1.54) is 10.8 Å². The molecule has 0 amide bonds. The van der Waals surface area contributed by atoms with E-state index in [0.29, 0.717) is 0 Å². The van der Waals surface area contributed by atoms with Crippen LogP contribution in [0, 0.1) is 0 Å². The molecule has 3 heteroatoms. The van der Waals surface area contributed by atoms with Gasteiger partial charge in [-0.1, -0.05) is 42.1 Å². The number of benzene rings is 1. The second kappa shape index (κ2) is 6.63. The molecule has 1 rings (SSSR count). The molecule has 1 aromatic carbocycles. The fraction of sp³-hybridized carbons (Fsp3) is 0.385. The van der Waals surface area contributed by atoms with Gasteiger partial charge in [-0.2, -0.15) is 0 Å². The first-order valence-electron chi connectivity index (χ1n) is 5.39. The van der Waals surface area contributed by atoms with Gasteiger partial charge in [0.15, 0.2) is 0 Å². The highest BCUT2D eigenvalue weighted by molar-refractivity contribution is 6.74. The summed E-state index contributed by atoms with van der Waals surface area (Å²) in [5, 5.41) is 1.41. The minimum atomic E-state index is -0.682. The molecule has 0 aliphatic rings. The summed E-state index contributed by atoms with van der Waals surface area (Å²) in [6.45, 7) is 3.88. The van der Waals surface area contributed by atoms with E-state index in [-0.39, 0.29) is 0 Å². The fourth-order valence-electron chi connectivity index (χ4n) is 1.76. The van der Waals surface area contributed by atoms with Gasteiger partial charge in [0.05, 0.1) is 0 Å². The molecule has 1 radical (unpaired) electrons. The van der Waals surface area contributed by atoms with E-state index in [1.807, 2.05) is 6.08 Å². The van der Waals surface area contributed by atoms with E-state index in [0.717, 1.165) is 12.4 Å². The zero-order chi connectivity index (χ0) is 12.0. The first-order valence-corrected chi connectivity index (χ1v) is 7.30. The van der Waals surface area contributed by atoms with Gasteiger partial charge in [0.25, 0.3) is 0 Å². The van der Waals surface area contributed by atoms with Gasteiger partial charge in [-0.05, 0) is 25.8 Å². The Hall–Kier alpha value is -0.903. The normalized spacial score (nSPS) is 11.1. The lowest BCUT2D eigenvalue weighted by atomic mass is 10.2. The third-order valence-corrected chi connectivity index (χ3v) is 5.26. The van der Waals surface area contributed by atoms with Crippen LogP contribution in [-0.4, -0.2) is 47.3 Å². The lowest BCUT2D eigenvalue weighted by molar-refractivity contribution is 0.247. The summed E-state index contributed by atoms with van der Waals surface area (Å²) in [5.74, 6) is 0. The standard InChI is InChI=1S/C13H20NOSi/c1-5-12-8-6-7-9-13(12)16(11-15-4)10-14(2)3/h5-9H,1,10-11H2,2-4H3. The molecule has 0 N–H and O–H groups in total. The summed E-state index contributed by atoms with van der Waals surface area (Å²) in [6.07, 6.45) is 3.86. The fourth-order valence-corrected chi connectivity index (χ4v) is 4.22. The van der Waals surface area contributed by atoms with Gasteiger partial charge in [-0.15, -0.1) is 0 Å². The van der Waals surface area contributed by atoms with E-state index in [4.69, 9.17) is 4.74 Å². The molecular weight excluding hydrogens is 214 g/mol. The Kier molecular flexibility index (Phi) is 5.45. The largest absolute Gasteiger partial charge is 0.388 e. The number of hydrogen-bond acceptors (Lipinski definition) is 2. The third kappa shape index (κ3) is 3.59. The molecule has 16 heavy (non-hydrogen) atoms. The van der Waals surface area contributed by atoms with Gasteiger partial charge in [-0.3, -0.25) is 0 Å². The third-order valence-electron chi connectivity index (χ3n) is 2.39. The average Bonchev–Trinajstić information content (AvgIpc) is 2.28. The molecule has 0 heterocycles. The van der Waals surface area contributed by atoms with Crippen molar-refractivity contribution in [3.8, 4) is 0 Å². The van der Waals surface area contributed by atoms with E-state index in [9.17, 15) is 0 Å². The first-order chi connectivity index (χ1) is 7.69. The highest BCUT2D eigenvalue weighted by atomic mass is 28.3. The van der Waals surface area contributed by atoms with Crippen molar-refractivity contribution < 1.29 is 4.74 Å². The number of hydrogen-bond donors (Lipinski definition) is 0. The number of methoxy groups -OCH3 is 1. The maximum absolute atomic E-state index is 5.34. The highest BCUT2D eigenvalue weighted by Crippen LogP contribution is 2.01. The van der Waals surface area contributed by atoms with Crippen LogP contribution in [0.3, 0.4) is 0 Å². The van der Waals surface area contributed by atoms with E-state index < -0.39 is 8.80 Å². The summed E-state index contributed by atoms with van der Waals surface area (Å²) in [7, 11) is 5.31. The molecule has 0 saturated heterocycles. The Morgan fingerprint density at radius 2 is 2.06 bits per heavy atom. The smallest absolute Gasteiger partial charge is 0.132 e. The van der Waals surface area contributed by atoms with Crippen molar-refractivity contribution in [1.82, 2.24) is 4.90 Å². The van der Waals surface area contributed by atoms with Gasteiger partial charge >= 0.3 is 0 Å². The lowest BCUT2D eigenvalue weighted by Gasteiger charge is -2.20. The monoisotopic (exact) mass is 234 g/mol. The SMILES string of the molecule is C=Cc1ccccc1[Si](COC)CN(C)C. The zero-order valence-electron chi connectivity index (χ0n) is 10.4. The average molecular weight is 234 g/mol. The molecule has 0 spiro atoms. The minimum Gasteiger partial charge on any atom is -0.388 e. The van der Waals surface area contributed by atoms with Crippen LogP contribution in [0.5, 0.6) is 0 Å². The van der Waals surface area contributed by atoms with Crippen LogP contribution in [0.4, 0.5) is 0 Å². The van der Waals surface area contributed by atoms with Gasteiger partial charge in [0, 0.05) is 13.3 Å². The van der Waals surface area contributed by atoms with Crippen LogP contribution in [0.25, 0.3) is 6.08 Å². The molecule has 0 fully saturated rings. The zero-order valence-corrected chi connectivity index (χ0v) is 11.4. The van der Waals surface area contributed by atoms with Crippen molar-refractivity contribution >= 4 is 20.1 Å². The van der Waals surface area contributed by atoms with Crippen LogP contribution >= 0.6 is 0 Å². The van der Waals surface area contributed by atoms with Gasteiger partial charge < -0.3 is 9.64 Å². The Labute approximate surface area is 100 Å². The maximum Gasteiger partial charge on any atom is 0.132 e. The van der Waals surface area contributed by atoms with Crippen molar-refractivity contribution in [3.63, 3.8) is 0 Å². The van der Waals surface area contributed by atoms with Crippen LogP contribution in [0.1, 0.15) is 5.56 Å². The molecule has 0 aromatic heterocycles. The highest BCUT2D eigenvalue weighted by Gasteiger charge is 2.17. The van der Waals surface area contributed by atoms with E-state index in [2.05, 4.69) is 49.8 Å². The van der Waals surface area contributed by atoms with Crippen molar-refractivity contribution in [2.75, 3.05) is 33.6 Å². The molecule has 0 unspecified atom stereocenters. The van der Waals surface area contributed by atoms with E-state index >= 15 is 0 Å². The predicted octanol–water partition coefficient (Wildman–Crippen LogP) is 1.32. The van der Waals surface area contributed by atoms with Crippen LogP contribution in [0.15, 0.2) is 30.8 Å². The van der Waals surface area contributed by atoms with Crippen LogP contribution in [0.2, 0.25) is 0 Å². The predicted molar refractivity (Wildman–Crippen MR) is 72.4 cm³/mol. The molecular formula is C13H20NOSi. The van der Waals surface area contributed by atoms with Crippen molar-refractivity contribution in [2.45, 2.75) is 0 Å². The second-order valence-corrected chi connectivity index (χ2v) is 6.42. The van der Waals surface area contributed by atoms with Crippen LogP contribution < -0.4 is 5.19 Å². The molecule has 0 atom stereocenters. The first kappa shape index (κ1) is 13.2. The Morgan fingerprint density at radius 3 is 2.62 bits per heavy atom. The molecule has 2 nitrogen and oxygen atoms in total. The van der Waals surface area contributed by atoms with Crippen molar-refractivity contribution in [2.24, 2.45) is 0 Å². The minimum absolute atomic E-state index is 0.682. The summed E-state index contributed by atoms with van der Waals surface area (Å²) in [4.78, 5) is 2.23. The maximum atomic E-state index is 5.34. The summed E-state index contributed by atoms with van der Waals surface area (Å²) in [6, 6.07) is 8.48. The van der Waals surface area contributed by atoms with E-state index in [1.54, 1.807) is 7.11 Å².